The molecular formula is C16H18N4S. The highest BCUT2D eigenvalue weighted by molar-refractivity contribution is 7.71. The number of benzene rings is 1. The van der Waals surface area contributed by atoms with E-state index in [1.165, 1.54) is 36.8 Å². The first-order valence-electron chi connectivity index (χ1n) is 7.51. The van der Waals surface area contributed by atoms with Crippen molar-refractivity contribution in [2.45, 2.75) is 19.4 Å². The van der Waals surface area contributed by atoms with Crippen LogP contribution in [0.2, 0.25) is 0 Å². The maximum Gasteiger partial charge on any atom is 0.178 e. The minimum absolute atomic E-state index is 0.794. The first kappa shape index (κ1) is 13.0. The summed E-state index contributed by atoms with van der Waals surface area (Å²) in [4.78, 5) is 10.3. The van der Waals surface area contributed by atoms with Gasteiger partial charge in [0.05, 0.1) is 22.7 Å². The van der Waals surface area contributed by atoms with Gasteiger partial charge < -0.3 is 14.5 Å². The molecule has 1 saturated heterocycles. The number of hydrogen-bond acceptors (Lipinski definition) is 3. The molecule has 3 aromatic rings. The lowest BCUT2D eigenvalue weighted by Crippen LogP contribution is -2.24. The Morgan fingerprint density at radius 3 is 2.81 bits per heavy atom. The van der Waals surface area contributed by atoms with Gasteiger partial charge in [-0.2, -0.15) is 0 Å². The Balaban J connectivity index is 1.81. The molecule has 108 valence electrons. The molecule has 0 amide bonds. The average molecular weight is 298 g/mol. The number of aromatic nitrogens is 3. The Morgan fingerprint density at radius 2 is 1.95 bits per heavy atom. The molecule has 1 aromatic carbocycles. The number of fused-ring (bicyclic) bond motifs is 3. The van der Waals surface area contributed by atoms with Crippen LogP contribution in [0.25, 0.3) is 21.9 Å². The van der Waals surface area contributed by atoms with E-state index in [4.69, 9.17) is 12.2 Å². The first-order chi connectivity index (χ1) is 10.3. The average Bonchev–Trinajstić information content (AvgIpc) is 3.12. The van der Waals surface area contributed by atoms with Crippen molar-refractivity contribution in [2.24, 2.45) is 0 Å². The van der Waals surface area contributed by atoms with Gasteiger partial charge in [-0.05, 0) is 44.2 Å². The fourth-order valence-corrected chi connectivity index (χ4v) is 3.55. The molecule has 0 atom stereocenters. The van der Waals surface area contributed by atoms with Gasteiger partial charge >= 0.3 is 0 Å². The SMILES string of the molecule is S=c1[nH]c2cnc3ccccc3c2n1CCN1CCCC1. The van der Waals surface area contributed by atoms with Crippen LogP contribution in [-0.4, -0.2) is 39.1 Å². The Morgan fingerprint density at radius 1 is 1.14 bits per heavy atom. The van der Waals surface area contributed by atoms with Gasteiger partial charge in [-0.15, -0.1) is 0 Å². The Labute approximate surface area is 128 Å². The van der Waals surface area contributed by atoms with Crippen LogP contribution in [0, 0.1) is 4.77 Å². The molecule has 1 aliphatic rings. The number of pyridine rings is 1. The number of nitrogens with one attached hydrogen (secondary N) is 1. The Kier molecular flexibility index (Phi) is 3.24. The second kappa shape index (κ2) is 5.24. The van der Waals surface area contributed by atoms with Crippen LogP contribution in [0.5, 0.6) is 0 Å². The molecule has 4 nitrogen and oxygen atoms in total. The second-order valence-electron chi connectivity index (χ2n) is 5.67. The summed E-state index contributed by atoms with van der Waals surface area (Å²) in [5, 5.41) is 1.17. The zero-order valence-electron chi connectivity index (χ0n) is 11.9. The van der Waals surface area contributed by atoms with Crippen molar-refractivity contribution in [3.63, 3.8) is 0 Å². The monoisotopic (exact) mass is 298 g/mol. The molecule has 0 bridgehead atoms. The van der Waals surface area contributed by atoms with Crippen molar-refractivity contribution in [3.05, 3.63) is 35.2 Å². The van der Waals surface area contributed by atoms with E-state index >= 15 is 0 Å². The quantitative estimate of drug-likeness (QED) is 0.754. The van der Waals surface area contributed by atoms with E-state index in [1.807, 2.05) is 12.3 Å². The first-order valence-corrected chi connectivity index (χ1v) is 7.92. The third-order valence-corrected chi connectivity index (χ3v) is 4.66. The van der Waals surface area contributed by atoms with Gasteiger partial charge in [0, 0.05) is 18.5 Å². The van der Waals surface area contributed by atoms with Crippen LogP contribution < -0.4 is 0 Å². The predicted octanol–water partition coefficient (Wildman–Crippen LogP) is 3.34. The summed E-state index contributed by atoms with van der Waals surface area (Å²) < 4.78 is 3.02. The van der Waals surface area contributed by atoms with Gasteiger partial charge in [-0.25, -0.2) is 0 Å². The minimum atomic E-state index is 0.794. The van der Waals surface area contributed by atoms with Crippen LogP contribution >= 0.6 is 12.2 Å². The molecule has 1 aliphatic heterocycles. The highest BCUT2D eigenvalue weighted by Gasteiger charge is 2.13. The highest BCUT2D eigenvalue weighted by atomic mass is 32.1. The number of hydrogen-bond donors (Lipinski definition) is 1. The van der Waals surface area contributed by atoms with Crippen LogP contribution in [0.4, 0.5) is 0 Å². The molecule has 0 unspecified atom stereocenters. The van der Waals surface area contributed by atoms with Crippen molar-refractivity contribution in [2.75, 3.05) is 19.6 Å². The molecule has 4 rings (SSSR count). The molecular weight excluding hydrogens is 280 g/mol. The largest absolute Gasteiger partial charge is 0.329 e. The van der Waals surface area contributed by atoms with E-state index < -0.39 is 0 Å². The third-order valence-electron chi connectivity index (χ3n) is 4.34. The lowest BCUT2D eigenvalue weighted by molar-refractivity contribution is 0.323. The molecule has 21 heavy (non-hydrogen) atoms. The molecule has 0 radical (unpaired) electrons. The lowest BCUT2D eigenvalue weighted by Gasteiger charge is -2.15. The number of likely N-dealkylation sites (tertiary alicyclic amines) is 1. The van der Waals surface area contributed by atoms with Gasteiger partial charge in [-0.3, -0.25) is 4.98 Å². The molecule has 0 aliphatic carbocycles. The number of H-pyrrole nitrogens is 1. The second-order valence-corrected chi connectivity index (χ2v) is 6.05. The van der Waals surface area contributed by atoms with Gasteiger partial charge in [0.2, 0.25) is 0 Å². The van der Waals surface area contributed by atoms with Crippen LogP contribution in [0.3, 0.4) is 0 Å². The summed E-state index contributed by atoms with van der Waals surface area (Å²) in [6.45, 7) is 4.45. The van der Waals surface area contributed by atoms with Crippen molar-refractivity contribution < 1.29 is 0 Å². The minimum Gasteiger partial charge on any atom is -0.329 e. The zero-order chi connectivity index (χ0) is 14.2. The highest BCUT2D eigenvalue weighted by Crippen LogP contribution is 2.23. The van der Waals surface area contributed by atoms with Crippen LogP contribution in [0.1, 0.15) is 12.8 Å². The summed E-state index contributed by atoms with van der Waals surface area (Å²) in [5.74, 6) is 0. The van der Waals surface area contributed by atoms with Gasteiger partial charge in [0.25, 0.3) is 0 Å². The number of rotatable bonds is 3. The maximum absolute atomic E-state index is 5.52. The van der Waals surface area contributed by atoms with Gasteiger partial charge in [-0.1, -0.05) is 18.2 Å². The van der Waals surface area contributed by atoms with Crippen molar-refractivity contribution >= 4 is 34.2 Å². The van der Waals surface area contributed by atoms with Crippen LogP contribution in [0.15, 0.2) is 30.5 Å². The molecule has 5 heteroatoms. The standard InChI is InChI=1S/C16H18N4S/c21-16-18-14-11-17-13-6-2-1-5-12(13)15(14)20(16)10-9-19-7-3-4-8-19/h1-2,5-6,11H,3-4,7-10H2,(H,18,21). The van der Waals surface area contributed by atoms with Crippen molar-refractivity contribution in [3.8, 4) is 0 Å². The summed E-state index contributed by atoms with van der Waals surface area (Å²) in [5.41, 5.74) is 3.24. The number of para-hydroxylation sites is 1. The fraction of sp³-hybridized carbons (Fsp3) is 0.375. The van der Waals surface area contributed by atoms with Crippen LogP contribution in [-0.2, 0) is 6.54 Å². The normalized spacial score (nSPS) is 16.2. The van der Waals surface area contributed by atoms with Gasteiger partial charge in [0.1, 0.15) is 0 Å². The Bertz CT molecular complexity index is 842. The zero-order valence-corrected chi connectivity index (χ0v) is 12.7. The lowest BCUT2D eigenvalue weighted by atomic mass is 10.2. The number of aromatic amines is 1. The van der Waals surface area contributed by atoms with E-state index in [2.05, 4.69) is 37.6 Å². The molecule has 1 fully saturated rings. The van der Waals surface area contributed by atoms with Crippen molar-refractivity contribution in [1.82, 2.24) is 19.4 Å². The Hall–Kier alpha value is -1.72. The summed E-state index contributed by atoms with van der Waals surface area (Å²) in [6.07, 6.45) is 4.54. The summed E-state index contributed by atoms with van der Waals surface area (Å²) in [7, 11) is 0. The fourth-order valence-electron chi connectivity index (χ4n) is 3.25. The molecule has 3 heterocycles. The molecule has 1 N–H and O–H groups in total. The van der Waals surface area contributed by atoms with E-state index in [0.717, 1.165) is 28.9 Å². The molecule has 2 aromatic heterocycles. The van der Waals surface area contributed by atoms with E-state index in [9.17, 15) is 0 Å². The summed E-state index contributed by atoms with van der Waals surface area (Å²) in [6, 6.07) is 8.26. The van der Waals surface area contributed by atoms with Gasteiger partial charge in [0.15, 0.2) is 4.77 Å². The number of imidazole rings is 1. The molecule has 0 saturated carbocycles. The third kappa shape index (κ3) is 2.26. The van der Waals surface area contributed by atoms with E-state index in [-0.39, 0.29) is 0 Å². The van der Waals surface area contributed by atoms with E-state index in [1.54, 1.807) is 0 Å². The predicted molar refractivity (Wildman–Crippen MR) is 88.1 cm³/mol. The molecule has 0 spiro atoms. The van der Waals surface area contributed by atoms with E-state index in [0.29, 0.717) is 0 Å². The number of nitrogens with zero attached hydrogens (tertiary/aromatic N) is 3. The smallest absolute Gasteiger partial charge is 0.178 e. The van der Waals surface area contributed by atoms with Crippen molar-refractivity contribution in [1.29, 1.82) is 0 Å². The maximum atomic E-state index is 5.52. The summed E-state index contributed by atoms with van der Waals surface area (Å²) >= 11 is 5.52. The topological polar surface area (TPSA) is 36.9 Å².